The molecule has 0 aliphatic carbocycles. The van der Waals surface area contributed by atoms with Crippen molar-refractivity contribution in [1.29, 1.82) is 0 Å². The van der Waals surface area contributed by atoms with E-state index in [-0.39, 0.29) is 23.0 Å². The van der Waals surface area contributed by atoms with Crippen molar-refractivity contribution in [3.63, 3.8) is 0 Å². The highest BCUT2D eigenvalue weighted by Crippen LogP contribution is 2.21. The molecule has 1 fully saturated rings. The first-order valence-electron chi connectivity index (χ1n) is 5.99. The predicted molar refractivity (Wildman–Crippen MR) is 71.2 cm³/mol. The number of oxime groups is 1. The van der Waals surface area contributed by atoms with E-state index < -0.39 is 21.0 Å². The Bertz CT molecular complexity index is 636. The van der Waals surface area contributed by atoms with Crippen LogP contribution < -0.4 is 11.1 Å². The summed E-state index contributed by atoms with van der Waals surface area (Å²) in [6, 6.07) is 0. The standard InChI is InChI=1S/C10H15N5O4S/c11-8(15-17)6-5-12-14-9(6)13-10(16)7-3-1-2-4-20(7,18)19/h5,7,17H,1-4H2,(H2,11,15)(H2,12,13,14,16). The van der Waals surface area contributed by atoms with E-state index >= 15 is 0 Å². The molecule has 1 aromatic heterocycles. The van der Waals surface area contributed by atoms with Crippen LogP contribution in [0.2, 0.25) is 0 Å². The number of rotatable bonds is 3. The summed E-state index contributed by atoms with van der Waals surface area (Å²) in [5.41, 5.74) is 5.61. The number of sulfone groups is 1. The van der Waals surface area contributed by atoms with Crippen LogP contribution in [0.3, 0.4) is 0 Å². The van der Waals surface area contributed by atoms with Crippen LogP contribution in [0.1, 0.15) is 24.8 Å². The minimum Gasteiger partial charge on any atom is -0.409 e. The maximum absolute atomic E-state index is 12.1. The third kappa shape index (κ3) is 2.74. The van der Waals surface area contributed by atoms with Crippen molar-refractivity contribution >= 4 is 27.4 Å². The molecule has 0 radical (unpaired) electrons. The van der Waals surface area contributed by atoms with Crippen LogP contribution in [0.25, 0.3) is 0 Å². The molecule has 1 saturated heterocycles. The van der Waals surface area contributed by atoms with Gasteiger partial charge in [-0.1, -0.05) is 11.6 Å². The van der Waals surface area contributed by atoms with Crippen molar-refractivity contribution in [3.05, 3.63) is 11.8 Å². The van der Waals surface area contributed by atoms with Gasteiger partial charge in [-0.15, -0.1) is 0 Å². The maximum Gasteiger partial charge on any atom is 0.243 e. The number of hydrogen-bond donors (Lipinski definition) is 4. The molecular formula is C10H15N5O4S. The zero-order chi connectivity index (χ0) is 14.8. The van der Waals surface area contributed by atoms with Crippen LogP contribution in [0.15, 0.2) is 11.4 Å². The number of nitrogens with two attached hydrogens (primary N) is 1. The zero-order valence-corrected chi connectivity index (χ0v) is 11.4. The summed E-state index contributed by atoms with van der Waals surface area (Å²) in [7, 11) is -3.42. The van der Waals surface area contributed by atoms with Gasteiger partial charge in [-0.2, -0.15) is 5.10 Å². The topological polar surface area (TPSA) is 151 Å². The fraction of sp³-hybridized carbons (Fsp3) is 0.500. The van der Waals surface area contributed by atoms with Crippen molar-refractivity contribution in [2.24, 2.45) is 10.9 Å². The minimum atomic E-state index is -3.42. The molecule has 1 atom stereocenters. The van der Waals surface area contributed by atoms with Crippen LogP contribution in [-0.2, 0) is 14.6 Å². The Morgan fingerprint density at radius 3 is 2.95 bits per heavy atom. The fourth-order valence-electron chi connectivity index (χ4n) is 2.08. The molecule has 1 aromatic rings. The summed E-state index contributed by atoms with van der Waals surface area (Å²) in [5, 5.41) is 18.9. The molecule has 2 heterocycles. The number of H-pyrrole nitrogens is 1. The quantitative estimate of drug-likeness (QED) is 0.253. The Kier molecular flexibility index (Phi) is 3.93. The number of aromatic amines is 1. The molecule has 1 aliphatic heterocycles. The highest BCUT2D eigenvalue weighted by atomic mass is 32.2. The van der Waals surface area contributed by atoms with Gasteiger partial charge >= 0.3 is 0 Å². The molecule has 2 rings (SSSR count). The Morgan fingerprint density at radius 1 is 1.55 bits per heavy atom. The van der Waals surface area contributed by atoms with Gasteiger partial charge in [-0.05, 0) is 12.8 Å². The van der Waals surface area contributed by atoms with E-state index in [1.807, 2.05) is 0 Å². The van der Waals surface area contributed by atoms with Gasteiger partial charge in [-0.3, -0.25) is 9.89 Å². The molecule has 0 spiro atoms. The van der Waals surface area contributed by atoms with E-state index in [0.717, 1.165) is 0 Å². The minimum absolute atomic E-state index is 0.0150. The van der Waals surface area contributed by atoms with Crippen LogP contribution in [0.4, 0.5) is 5.82 Å². The first-order valence-corrected chi connectivity index (χ1v) is 7.71. The number of anilines is 1. The predicted octanol–water partition coefficient (Wildman–Crippen LogP) is -0.590. The fourth-order valence-corrected chi connectivity index (χ4v) is 3.88. The van der Waals surface area contributed by atoms with Gasteiger partial charge in [0.2, 0.25) is 5.91 Å². The van der Waals surface area contributed by atoms with E-state index in [4.69, 9.17) is 10.9 Å². The number of hydrogen-bond acceptors (Lipinski definition) is 6. The largest absolute Gasteiger partial charge is 0.409 e. The second-order valence-electron chi connectivity index (χ2n) is 4.48. The van der Waals surface area contributed by atoms with Gasteiger partial charge in [0, 0.05) is 0 Å². The highest BCUT2D eigenvalue weighted by molar-refractivity contribution is 7.92. The van der Waals surface area contributed by atoms with Gasteiger partial charge in [0.05, 0.1) is 17.5 Å². The van der Waals surface area contributed by atoms with E-state index in [1.165, 1.54) is 6.20 Å². The summed E-state index contributed by atoms with van der Waals surface area (Å²) in [4.78, 5) is 12.1. The van der Waals surface area contributed by atoms with E-state index in [2.05, 4.69) is 20.7 Å². The van der Waals surface area contributed by atoms with Crippen LogP contribution in [0.5, 0.6) is 0 Å². The van der Waals surface area contributed by atoms with Gasteiger partial charge < -0.3 is 16.3 Å². The Labute approximate surface area is 115 Å². The van der Waals surface area contributed by atoms with Gasteiger partial charge in [-0.25, -0.2) is 8.42 Å². The summed E-state index contributed by atoms with van der Waals surface area (Å²) < 4.78 is 23.7. The average Bonchev–Trinajstić information content (AvgIpc) is 2.85. The molecule has 1 aliphatic rings. The lowest BCUT2D eigenvalue weighted by Gasteiger charge is -2.21. The lowest BCUT2D eigenvalue weighted by atomic mass is 10.2. The number of nitrogens with one attached hydrogen (secondary N) is 2. The van der Waals surface area contributed by atoms with Crippen LogP contribution in [-0.4, -0.2) is 46.6 Å². The summed E-state index contributed by atoms with van der Waals surface area (Å²) in [5.74, 6) is -0.756. The summed E-state index contributed by atoms with van der Waals surface area (Å²) >= 11 is 0. The van der Waals surface area contributed by atoms with Crippen molar-refractivity contribution in [3.8, 4) is 0 Å². The molecule has 9 nitrogen and oxygen atoms in total. The molecule has 110 valence electrons. The molecule has 5 N–H and O–H groups in total. The molecular weight excluding hydrogens is 286 g/mol. The number of carbonyl (C=O) groups excluding carboxylic acids is 1. The van der Waals surface area contributed by atoms with E-state index in [9.17, 15) is 13.2 Å². The molecule has 1 amide bonds. The first-order chi connectivity index (χ1) is 9.45. The second-order valence-corrected chi connectivity index (χ2v) is 6.79. The van der Waals surface area contributed by atoms with E-state index in [1.54, 1.807) is 0 Å². The lowest BCUT2D eigenvalue weighted by molar-refractivity contribution is -0.116. The summed E-state index contributed by atoms with van der Waals surface area (Å²) in [6.07, 6.45) is 2.82. The molecule has 0 aromatic carbocycles. The Hall–Kier alpha value is -2.10. The molecule has 0 saturated carbocycles. The molecule has 20 heavy (non-hydrogen) atoms. The monoisotopic (exact) mass is 301 g/mol. The first kappa shape index (κ1) is 14.3. The average molecular weight is 301 g/mol. The smallest absolute Gasteiger partial charge is 0.243 e. The number of aromatic nitrogens is 2. The van der Waals surface area contributed by atoms with Crippen LogP contribution >= 0.6 is 0 Å². The Morgan fingerprint density at radius 2 is 2.30 bits per heavy atom. The van der Waals surface area contributed by atoms with Gasteiger partial charge in [0.25, 0.3) is 0 Å². The Balaban J connectivity index is 2.18. The molecule has 10 heteroatoms. The number of nitrogens with zero attached hydrogens (tertiary/aromatic N) is 2. The van der Waals surface area contributed by atoms with Gasteiger partial charge in [0.1, 0.15) is 11.1 Å². The number of amides is 1. The SMILES string of the molecule is NC(=NO)c1cn[nH]c1NC(=O)C1CCCCS1(=O)=O. The van der Waals surface area contributed by atoms with Crippen molar-refractivity contribution < 1.29 is 18.4 Å². The normalized spacial score (nSPS) is 22.4. The highest BCUT2D eigenvalue weighted by Gasteiger charge is 2.35. The second kappa shape index (κ2) is 5.49. The van der Waals surface area contributed by atoms with Gasteiger partial charge in [0.15, 0.2) is 15.7 Å². The number of amidine groups is 1. The maximum atomic E-state index is 12.1. The van der Waals surface area contributed by atoms with Crippen LogP contribution in [0, 0.1) is 0 Å². The van der Waals surface area contributed by atoms with Crippen molar-refractivity contribution in [1.82, 2.24) is 10.2 Å². The number of carbonyl (C=O) groups is 1. The van der Waals surface area contributed by atoms with Crippen molar-refractivity contribution in [2.45, 2.75) is 24.5 Å². The van der Waals surface area contributed by atoms with E-state index in [0.29, 0.717) is 19.3 Å². The third-order valence-electron chi connectivity index (χ3n) is 3.14. The lowest BCUT2D eigenvalue weighted by Crippen LogP contribution is -2.39. The summed E-state index contributed by atoms with van der Waals surface area (Å²) in [6.45, 7) is 0. The third-order valence-corrected chi connectivity index (χ3v) is 5.32. The molecule has 1 unspecified atom stereocenters. The molecule has 0 bridgehead atoms. The zero-order valence-electron chi connectivity index (χ0n) is 10.5. The van der Waals surface area contributed by atoms with Crippen molar-refractivity contribution in [2.75, 3.05) is 11.1 Å².